The van der Waals surface area contributed by atoms with Gasteiger partial charge in [0.15, 0.2) is 0 Å². The van der Waals surface area contributed by atoms with E-state index >= 15 is 0 Å². The number of hydrogen-bond donors (Lipinski definition) is 0. The maximum absolute atomic E-state index is 5.35. The Morgan fingerprint density at radius 3 is 2.00 bits per heavy atom. The quantitative estimate of drug-likeness (QED) is 0.528. The van der Waals surface area contributed by atoms with Gasteiger partial charge >= 0.3 is 5.97 Å². The fourth-order valence-electron chi connectivity index (χ4n) is 1.25. The van der Waals surface area contributed by atoms with Crippen molar-refractivity contribution in [1.29, 1.82) is 0 Å². The predicted molar refractivity (Wildman–Crippen MR) is 38.9 cm³/mol. The van der Waals surface area contributed by atoms with Gasteiger partial charge in [0, 0.05) is 5.41 Å². The van der Waals surface area contributed by atoms with Crippen molar-refractivity contribution in [3.8, 4) is 0 Å². The van der Waals surface area contributed by atoms with E-state index in [-0.39, 0.29) is 5.41 Å². The summed E-state index contributed by atoms with van der Waals surface area (Å²) in [5, 5.41) is 0. The summed E-state index contributed by atoms with van der Waals surface area (Å²) in [6, 6.07) is 0. The van der Waals surface area contributed by atoms with E-state index in [0.29, 0.717) is 19.8 Å². The van der Waals surface area contributed by atoms with Crippen LogP contribution in [-0.4, -0.2) is 25.8 Å². The van der Waals surface area contributed by atoms with Gasteiger partial charge in [-0.05, 0) is 6.08 Å². The van der Waals surface area contributed by atoms with Crippen molar-refractivity contribution in [3.05, 3.63) is 12.7 Å². The highest BCUT2D eigenvalue weighted by Crippen LogP contribution is 2.38. The Kier molecular flexibility index (Phi) is 1.36. The van der Waals surface area contributed by atoms with Crippen LogP contribution in [0.4, 0.5) is 0 Å². The van der Waals surface area contributed by atoms with E-state index < -0.39 is 5.97 Å². The van der Waals surface area contributed by atoms with Crippen molar-refractivity contribution >= 4 is 0 Å². The molecule has 0 saturated carbocycles. The lowest BCUT2D eigenvalue weighted by molar-refractivity contribution is -0.441. The molecular formula is C8H12O3. The Hall–Kier alpha value is -0.380. The molecule has 3 aliphatic heterocycles. The Balaban J connectivity index is 2.18. The molecule has 3 saturated heterocycles. The van der Waals surface area contributed by atoms with Crippen LogP contribution in [-0.2, 0) is 14.2 Å². The Bertz CT molecular complexity index is 163. The molecule has 0 spiro atoms. The molecule has 0 aromatic carbocycles. The van der Waals surface area contributed by atoms with E-state index in [9.17, 15) is 0 Å². The monoisotopic (exact) mass is 156 g/mol. The molecule has 0 unspecified atom stereocenters. The summed E-state index contributed by atoms with van der Waals surface area (Å²) >= 11 is 0. The van der Waals surface area contributed by atoms with E-state index in [0.717, 1.165) is 0 Å². The van der Waals surface area contributed by atoms with Gasteiger partial charge in [-0.3, -0.25) is 0 Å². The van der Waals surface area contributed by atoms with Gasteiger partial charge in [0.25, 0.3) is 0 Å². The first-order chi connectivity index (χ1) is 5.18. The highest BCUT2D eigenvalue weighted by Gasteiger charge is 2.48. The second kappa shape index (κ2) is 2.06. The number of rotatable bonds is 1. The predicted octanol–water partition coefficient (Wildman–Crippen LogP) is 0.909. The van der Waals surface area contributed by atoms with Crippen LogP contribution in [0.2, 0.25) is 0 Å². The second-order valence-corrected chi connectivity index (χ2v) is 3.48. The molecule has 3 heterocycles. The third-order valence-electron chi connectivity index (χ3n) is 2.12. The molecule has 0 N–H and O–H groups in total. The van der Waals surface area contributed by atoms with Crippen molar-refractivity contribution in [1.82, 2.24) is 0 Å². The molecule has 3 rings (SSSR count). The topological polar surface area (TPSA) is 27.7 Å². The largest absolute Gasteiger partial charge is 0.323 e. The maximum atomic E-state index is 5.35. The first kappa shape index (κ1) is 7.28. The molecule has 11 heavy (non-hydrogen) atoms. The van der Waals surface area contributed by atoms with Crippen LogP contribution in [0.3, 0.4) is 0 Å². The van der Waals surface area contributed by atoms with Gasteiger partial charge in [0.2, 0.25) is 0 Å². The van der Waals surface area contributed by atoms with Crippen LogP contribution >= 0.6 is 0 Å². The van der Waals surface area contributed by atoms with E-state index in [4.69, 9.17) is 14.2 Å². The summed E-state index contributed by atoms with van der Waals surface area (Å²) in [6.45, 7) is 7.76. The van der Waals surface area contributed by atoms with Gasteiger partial charge in [-0.1, -0.05) is 13.5 Å². The fourth-order valence-corrected chi connectivity index (χ4v) is 1.25. The number of hydrogen-bond acceptors (Lipinski definition) is 3. The maximum Gasteiger partial charge on any atom is 0.304 e. The summed E-state index contributed by atoms with van der Waals surface area (Å²) < 4.78 is 16.1. The van der Waals surface area contributed by atoms with Crippen LogP contribution < -0.4 is 0 Å². The SMILES string of the molecule is C=CC12OCC(C)(CO1)CO2. The molecule has 3 fully saturated rings. The third-order valence-corrected chi connectivity index (χ3v) is 2.12. The number of ether oxygens (including phenoxy) is 3. The molecule has 3 nitrogen and oxygen atoms in total. The lowest BCUT2D eigenvalue weighted by atomic mass is 9.92. The fraction of sp³-hybridized carbons (Fsp3) is 0.750. The Morgan fingerprint density at radius 2 is 1.64 bits per heavy atom. The minimum Gasteiger partial charge on any atom is -0.323 e. The molecule has 0 aromatic rings. The zero-order chi connectivity index (χ0) is 7.95. The molecule has 0 aromatic heterocycles. The van der Waals surface area contributed by atoms with Gasteiger partial charge in [-0.25, -0.2) is 0 Å². The molecule has 0 radical (unpaired) electrons. The van der Waals surface area contributed by atoms with Crippen LogP contribution in [0.1, 0.15) is 6.92 Å². The third kappa shape index (κ3) is 1.00. The lowest BCUT2D eigenvalue weighted by Crippen LogP contribution is -2.57. The minimum absolute atomic E-state index is 0.0464. The van der Waals surface area contributed by atoms with Crippen LogP contribution in [0.25, 0.3) is 0 Å². The molecule has 0 amide bonds. The molecule has 0 aliphatic carbocycles. The van der Waals surface area contributed by atoms with E-state index in [1.165, 1.54) is 0 Å². The Labute approximate surface area is 65.9 Å². The summed E-state index contributed by atoms with van der Waals surface area (Å²) in [5.41, 5.74) is 0.0464. The van der Waals surface area contributed by atoms with Crippen molar-refractivity contribution in [3.63, 3.8) is 0 Å². The van der Waals surface area contributed by atoms with Crippen LogP contribution in [0.5, 0.6) is 0 Å². The first-order valence-electron chi connectivity index (χ1n) is 3.74. The first-order valence-corrected chi connectivity index (χ1v) is 3.74. The smallest absolute Gasteiger partial charge is 0.304 e. The van der Waals surface area contributed by atoms with E-state index in [1.807, 2.05) is 0 Å². The molecule has 2 bridgehead atoms. The van der Waals surface area contributed by atoms with E-state index in [1.54, 1.807) is 6.08 Å². The Morgan fingerprint density at radius 1 is 1.18 bits per heavy atom. The number of fused-ring (bicyclic) bond motifs is 3. The van der Waals surface area contributed by atoms with Crippen LogP contribution in [0.15, 0.2) is 12.7 Å². The average Bonchev–Trinajstić information content (AvgIpc) is 2.07. The highest BCUT2D eigenvalue weighted by atomic mass is 16.9. The van der Waals surface area contributed by atoms with Gasteiger partial charge in [-0.2, -0.15) is 0 Å². The van der Waals surface area contributed by atoms with Gasteiger partial charge in [0.1, 0.15) is 0 Å². The molecule has 3 heteroatoms. The second-order valence-electron chi connectivity index (χ2n) is 3.48. The lowest BCUT2D eigenvalue weighted by Gasteiger charge is -2.48. The standard InChI is InChI=1S/C8H12O3/c1-3-8-9-4-7(2,5-10-8)6-11-8/h3H,1,4-6H2,2H3. The zero-order valence-corrected chi connectivity index (χ0v) is 6.63. The summed E-state index contributed by atoms with van der Waals surface area (Å²) in [6.07, 6.45) is 1.56. The minimum atomic E-state index is -0.933. The molecule has 62 valence electrons. The van der Waals surface area contributed by atoms with Gasteiger partial charge < -0.3 is 14.2 Å². The molecule has 0 atom stereocenters. The molecule has 3 aliphatic rings. The normalized spacial score (nSPS) is 49.2. The van der Waals surface area contributed by atoms with Crippen molar-refractivity contribution in [2.45, 2.75) is 12.9 Å². The summed E-state index contributed by atoms with van der Waals surface area (Å²) in [5.74, 6) is -0.933. The van der Waals surface area contributed by atoms with Crippen molar-refractivity contribution in [2.75, 3.05) is 19.8 Å². The van der Waals surface area contributed by atoms with Gasteiger partial charge in [0.05, 0.1) is 19.8 Å². The van der Waals surface area contributed by atoms with Crippen molar-refractivity contribution in [2.24, 2.45) is 5.41 Å². The summed E-state index contributed by atoms with van der Waals surface area (Å²) in [4.78, 5) is 0. The average molecular weight is 156 g/mol. The van der Waals surface area contributed by atoms with Gasteiger partial charge in [-0.15, -0.1) is 0 Å². The van der Waals surface area contributed by atoms with E-state index in [2.05, 4.69) is 13.5 Å². The molecular weight excluding hydrogens is 144 g/mol. The van der Waals surface area contributed by atoms with Crippen LogP contribution in [0, 0.1) is 5.41 Å². The highest BCUT2D eigenvalue weighted by molar-refractivity contribution is 4.92. The zero-order valence-electron chi connectivity index (χ0n) is 6.63. The summed E-state index contributed by atoms with van der Waals surface area (Å²) in [7, 11) is 0. The van der Waals surface area contributed by atoms with Crippen molar-refractivity contribution < 1.29 is 14.2 Å².